The highest BCUT2D eigenvalue weighted by molar-refractivity contribution is 5.96. The SMILES string of the molecule is O=C(O)C(F)(F)F.O=C(c1cccc(-c2nc(N3CCOCC3)nc3c2CCN3c2cccnc2)c1)N1CCC(O)C1. The number of benzene rings is 1. The van der Waals surface area contributed by atoms with E-state index < -0.39 is 18.2 Å². The number of alkyl halides is 3. The van der Waals surface area contributed by atoms with Crippen LogP contribution in [-0.2, 0) is 16.0 Å². The summed E-state index contributed by atoms with van der Waals surface area (Å²) in [6.45, 7) is 4.52. The lowest BCUT2D eigenvalue weighted by Gasteiger charge is -2.28. The first kappa shape index (κ1) is 29.2. The van der Waals surface area contributed by atoms with Gasteiger partial charge in [0.15, 0.2) is 0 Å². The zero-order chi connectivity index (χ0) is 29.9. The predicted molar refractivity (Wildman–Crippen MR) is 146 cm³/mol. The minimum Gasteiger partial charge on any atom is -0.475 e. The smallest absolute Gasteiger partial charge is 0.475 e. The predicted octanol–water partition coefficient (Wildman–Crippen LogP) is 2.91. The Kier molecular flexibility index (Phi) is 8.54. The van der Waals surface area contributed by atoms with E-state index in [-0.39, 0.29) is 5.91 Å². The Bertz CT molecular complexity index is 1440. The van der Waals surface area contributed by atoms with Crippen LogP contribution in [0.5, 0.6) is 0 Å². The van der Waals surface area contributed by atoms with Crippen molar-refractivity contribution in [2.75, 3.05) is 55.7 Å². The van der Waals surface area contributed by atoms with Crippen LogP contribution in [0, 0.1) is 0 Å². The molecule has 2 aromatic heterocycles. The fraction of sp³-hybridized carbons (Fsp3) is 0.393. The van der Waals surface area contributed by atoms with Crippen LogP contribution in [-0.4, -0.2) is 100 Å². The van der Waals surface area contributed by atoms with Crippen LogP contribution < -0.4 is 9.80 Å². The van der Waals surface area contributed by atoms with E-state index in [1.54, 1.807) is 11.1 Å². The van der Waals surface area contributed by atoms with Gasteiger partial charge in [-0.2, -0.15) is 18.2 Å². The fourth-order valence-electron chi connectivity index (χ4n) is 5.06. The van der Waals surface area contributed by atoms with Crippen molar-refractivity contribution in [3.63, 3.8) is 0 Å². The van der Waals surface area contributed by atoms with Gasteiger partial charge in [-0.05, 0) is 37.1 Å². The number of β-amino-alcohol motifs (C(OH)–C–C–N with tert-alkyl or cyclic N) is 1. The van der Waals surface area contributed by atoms with Gasteiger partial charge in [-0.15, -0.1) is 0 Å². The summed E-state index contributed by atoms with van der Waals surface area (Å²) >= 11 is 0. The summed E-state index contributed by atoms with van der Waals surface area (Å²) in [7, 11) is 0. The summed E-state index contributed by atoms with van der Waals surface area (Å²) in [6, 6.07) is 11.7. The number of hydrogen-bond donors (Lipinski definition) is 2. The molecule has 1 atom stereocenters. The number of anilines is 3. The Morgan fingerprint density at radius 2 is 1.79 bits per heavy atom. The molecule has 6 rings (SSSR count). The molecular formula is C28H29F3N6O5. The molecule has 42 heavy (non-hydrogen) atoms. The van der Waals surface area contributed by atoms with Crippen molar-refractivity contribution in [3.8, 4) is 11.3 Å². The van der Waals surface area contributed by atoms with Gasteiger partial charge in [-0.3, -0.25) is 9.78 Å². The second-order valence-corrected chi connectivity index (χ2v) is 9.96. The van der Waals surface area contributed by atoms with Crippen molar-refractivity contribution in [1.29, 1.82) is 0 Å². The highest BCUT2D eigenvalue weighted by Gasteiger charge is 2.38. The lowest BCUT2D eigenvalue weighted by molar-refractivity contribution is -0.192. The van der Waals surface area contributed by atoms with Gasteiger partial charge in [0, 0.05) is 55.6 Å². The van der Waals surface area contributed by atoms with Crippen LogP contribution in [0.15, 0.2) is 48.8 Å². The lowest BCUT2D eigenvalue weighted by Crippen LogP contribution is -2.37. The number of aromatic nitrogens is 3. The average molecular weight is 587 g/mol. The molecule has 5 heterocycles. The molecule has 0 radical (unpaired) electrons. The van der Waals surface area contributed by atoms with Crippen molar-refractivity contribution in [1.82, 2.24) is 19.9 Å². The zero-order valence-corrected chi connectivity index (χ0v) is 22.5. The minimum absolute atomic E-state index is 0.0560. The number of aliphatic hydroxyl groups is 1. The van der Waals surface area contributed by atoms with E-state index in [0.717, 1.165) is 54.4 Å². The van der Waals surface area contributed by atoms with Crippen LogP contribution in [0.2, 0.25) is 0 Å². The molecule has 0 saturated carbocycles. The number of amides is 1. The Hall–Kier alpha value is -4.30. The van der Waals surface area contributed by atoms with E-state index in [9.17, 15) is 23.1 Å². The number of ether oxygens (including phenoxy) is 1. The molecule has 222 valence electrons. The number of nitrogens with zero attached hydrogens (tertiary/aromatic N) is 6. The lowest BCUT2D eigenvalue weighted by atomic mass is 10.0. The molecule has 0 aliphatic carbocycles. The van der Waals surface area contributed by atoms with Gasteiger partial charge in [0.2, 0.25) is 5.95 Å². The summed E-state index contributed by atoms with van der Waals surface area (Å²) < 4.78 is 37.3. The Balaban J connectivity index is 0.000000451. The fourth-order valence-corrected chi connectivity index (χ4v) is 5.06. The van der Waals surface area contributed by atoms with Crippen LogP contribution in [0.4, 0.5) is 30.6 Å². The summed E-state index contributed by atoms with van der Waals surface area (Å²) in [5.41, 5.74) is 4.45. The van der Waals surface area contributed by atoms with Gasteiger partial charge in [-0.25, -0.2) is 9.78 Å². The Morgan fingerprint density at radius 1 is 1.02 bits per heavy atom. The van der Waals surface area contributed by atoms with E-state index in [0.29, 0.717) is 44.2 Å². The molecular weight excluding hydrogens is 557 g/mol. The first-order chi connectivity index (χ1) is 20.1. The molecule has 3 aliphatic heterocycles. The molecule has 2 fully saturated rings. The molecule has 0 bridgehead atoms. The number of likely N-dealkylation sites (tertiary alicyclic amines) is 1. The van der Waals surface area contributed by atoms with Crippen molar-refractivity contribution >= 4 is 29.3 Å². The van der Waals surface area contributed by atoms with E-state index in [1.807, 2.05) is 42.6 Å². The zero-order valence-electron chi connectivity index (χ0n) is 22.5. The highest BCUT2D eigenvalue weighted by Crippen LogP contribution is 2.39. The van der Waals surface area contributed by atoms with Gasteiger partial charge in [0.25, 0.3) is 5.91 Å². The summed E-state index contributed by atoms with van der Waals surface area (Å²) in [6.07, 6.45) is -0.471. The number of hydrogen-bond acceptors (Lipinski definition) is 9. The molecule has 1 unspecified atom stereocenters. The third kappa shape index (κ3) is 6.44. The maximum absolute atomic E-state index is 13.1. The summed E-state index contributed by atoms with van der Waals surface area (Å²) in [5.74, 6) is -1.24. The number of pyridine rings is 1. The van der Waals surface area contributed by atoms with E-state index in [1.165, 1.54) is 0 Å². The Labute approximate surface area is 239 Å². The van der Waals surface area contributed by atoms with Crippen LogP contribution in [0.1, 0.15) is 22.3 Å². The first-order valence-corrected chi connectivity index (χ1v) is 13.4. The van der Waals surface area contributed by atoms with Gasteiger partial charge in [0.1, 0.15) is 5.82 Å². The third-order valence-corrected chi connectivity index (χ3v) is 7.14. The van der Waals surface area contributed by atoms with Gasteiger partial charge >= 0.3 is 12.1 Å². The number of carboxylic acids is 1. The average Bonchev–Trinajstić information content (AvgIpc) is 3.63. The Morgan fingerprint density at radius 3 is 2.43 bits per heavy atom. The molecule has 3 aliphatic rings. The molecule has 1 aromatic carbocycles. The minimum atomic E-state index is -5.08. The van der Waals surface area contributed by atoms with Crippen LogP contribution in [0.3, 0.4) is 0 Å². The highest BCUT2D eigenvalue weighted by atomic mass is 19.4. The second-order valence-electron chi connectivity index (χ2n) is 9.96. The van der Waals surface area contributed by atoms with Crippen molar-refractivity contribution in [2.24, 2.45) is 0 Å². The maximum atomic E-state index is 13.1. The quantitative estimate of drug-likeness (QED) is 0.470. The number of aliphatic hydroxyl groups excluding tert-OH is 1. The summed E-state index contributed by atoms with van der Waals surface area (Å²) in [5, 5.41) is 17.0. The number of fused-ring (bicyclic) bond motifs is 1. The third-order valence-electron chi connectivity index (χ3n) is 7.14. The van der Waals surface area contributed by atoms with Crippen LogP contribution in [0.25, 0.3) is 11.3 Å². The number of morpholine rings is 1. The van der Waals surface area contributed by atoms with E-state index >= 15 is 0 Å². The topological polar surface area (TPSA) is 132 Å². The van der Waals surface area contributed by atoms with Gasteiger partial charge in [-0.1, -0.05) is 12.1 Å². The maximum Gasteiger partial charge on any atom is 0.490 e. The standard InChI is InChI=1S/C26H28N6O3.C2HF3O2/c33-21-6-9-31(17-21)25(34)19-4-1-3-18(15-19)23-22-7-10-32(20-5-2-8-27-16-20)24(22)29-26(28-23)30-11-13-35-14-12-30;3-2(4,5)1(6)7/h1-5,8,15-16,21,33H,6-7,9-14,17H2;(H,6,7). The van der Waals surface area contributed by atoms with Crippen LogP contribution >= 0.6 is 0 Å². The van der Waals surface area contributed by atoms with E-state index in [2.05, 4.69) is 14.8 Å². The largest absolute Gasteiger partial charge is 0.490 e. The second kappa shape index (κ2) is 12.3. The monoisotopic (exact) mass is 586 g/mol. The number of aliphatic carboxylic acids is 1. The molecule has 1 amide bonds. The van der Waals surface area contributed by atoms with Gasteiger partial charge < -0.3 is 29.6 Å². The normalized spacial score (nSPS) is 18.4. The molecule has 2 N–H and O–H groups in total. The number of rotatable bonds is 4. The molecule has 11 nitrogen and oxygen atoms in total. The van der Waals surface area contributed by atoms with Crippen molar-refractivity contribution in [3.05, 3.63) is 59.9 Å². The summed E-state index contributed by atoms with van der Waals surface area (Å²) in [4.78, 5) is 42.4. The van der Waals surface area contributed by atoms with Gasteiger partial charge in [0.05, 0.1) is 36.9 Å². The van der Waals surface area contributed by atoms with Crippen molar-refractivity contribution in [2.45, 2.75) is 25.1 Å². The molecule has 14 heteroatoms. The number of carbonyl (C=O) groups excluding carboxylic acids is 1. The first-order valence-electron chi connectivity index (χ1n) is 13.4. The van der Waals surface area contributed by atoms with Crippen molar-refractivity contribution < 1.29 is 37.7 Å². The number of carboxylic acid groups (broad SMARTS) is 1. The number of carbonyl (C=O) groups is 2. The molecule has 2 saturated heterocycles. The molecule has 3 aromatic rings. The van der Waals surface area contributed by atoms with E-state index in [4.69, 9.17) is 24.6 Å². The molecule has 0 spiro atoms. The number of halogens is 3.